The maximum atomic E-state index is 13.1. The molecule has 5 nitrogen and oxygen atoms in total. The van der Waals surface area contributed by atoms with Gasteiger partial charge in [-0.3, -0.25) is 14.2 Å². The molecule has 0 unspecified atom stereocenters. The number of amides is 1. The maximum Gasteiger partial charge on any atom is 0.257 e. The number of aromatic nitrogens is 2. The number of benzene rings is 1. The fraction of sp³-hybridized carbons (Fsp3) is 0.593. The topological polar surface area (TPSA) is 55.2 Å². The van der Waals surface area contributed by atoms with Crippen LogP contribution < -0.4 is 5.56 Å². The third-order valence-corrected chi connectivity index (χ3v) is 6.97. The average molecular weight is 472 g/mol. The van der Waals surface area contributed by atoms with E-state index in [0.29, 0.717) is 12.8 Å². The number of carbonyl (C=O) groups excluding carboxylic acids is 1. The maximum absolute atomic E-state index is 13.1. The highest BCUT2D eigenvalue weighted by Crippen LogP contribution is 2.23. The lowest BCUT2D eigenvalue weighted by atomic mass is 9.86. The molecule has 0 aliphatic rings. The molecule has 0 N–H and O–H groups in total. The van der Waals surface area contributed by atoms with Crippen molar-refractivity contribution in [1.29, 1.82) is 0 Å². The summed E-state index contributed by atoms with van der Waals surface area (Å²) in [6, 6.07) is 8.52. The zero-order valence-corrected chi connectivity index (χ0v) is 22.3. The summed E-state index contributed by atoms with van der Waals surface area (Å²) in [6.07, 6.45) is 3.88. The van der Waals surface area contributed by atoms with Gasteiger partial charge >= 0.3 is 0 Å². The summed E-state index contributed by atoms with van der Waals surface area (Å²) >= 11 is 1.56. The van der Waals surface area contributed by atoms with Crippen LogP contribution in [-0.2, 0) is 23.7 Å². The Hall–Kier alpha value is -2.08. The monoisotopic (exact) mass is 471 g/mol. The molecule has 0 atom stereocenters. The molecule has 0 radical (unpaired) electrons. The van der Waals surface area contributed by atoms with Crippen LogP contribution in [0.25, 0.3) is 0 Å². The molecule has 1 aromatic heterocycles. The first-order chi connectivity index (χ1) is 15.6. The van der Waals surface area contributed by atoms with Crippen molar-refractivity contribution in [2.75, 3.05) is 18.8 Å². The second-order valence-electron chi connectivity index (χ2n) is 9.78. The Balaban J connectivity index is 2.01. The van der Waals surface area contributed by atoms with Crippen LogP contribution in [0.3, 0.4) is 0 Å². The van der Waals surface area contributed by atoms with E-state index >= 15 is 0 Å². The number of rotatable bonds is 11. The lowest BCUT2D eigenvalue weighted by molar-refractivity contribution is -0.131. The van der Waals surface area contributed by atoms with Gasteiger partial charge in [-0.25, -0.2) is 4.98 Å². The van der Waals surface area contributed by atoms with Crippen molar-refractivity contribution >= 4 is 17.7 Å². The largest absolute Gasteiger partial charge is 0.343 e. The second kappa shape index (κ2) is 12.4. The molecule has 1 aromatic carbocycles. The summed E-state index contributed by atoms with van der Waals surface area (Å²) in [5.41, 5.74) is 4.06. The van der Waals surface area contributed by atoms with Gasteiger partial charge in [-0.2, -0.15) is 0 Å². The number of nitrogens with zero attached hydrogens (tertiary/aromatic N) is 3. The number of thioether (sulfide) groups is 1. The average Bonchev–Trinajstić information content (AvgIpc) is 2.77. The van der Waals surface area contributed by atoms with E-state index in [1.165, 1.54) is 5.56 Å². The van der Waals surface area contributed by atoms with E-state index in [1.807, 2.05) is 11.8 Å². The first kappa shape index (κ1) is 27.2. The van der Waals surface area contributed by atoms with E-state index in [4.69, 9.17) is 4.98 Å². The standard InChI is InChI=1S/C27H41N3O2S/c1-8-16-30(17-9-2)24(31)11-10-18-33-26-28-20(3)23(25(32)29(26)7)19-21-12-14-22(15-13-21)27(4,5)6/h12-15H,8-11,16-19H2,1-7H3. The van der Waals surface area contributed by atoms with Gasteiger partial charge in [0.25, 0.3) is 5.56 Å². The van der Waals surface area contributed by atoms with Gasteiger partial charge < -0.3 is 4.90 Å². The predicted octanol–water partition coefficient (Wildman–Crippen LogP) is 5.50. The summed E-state index contributed by atoms with van der Waals surface area (Å²) in [6.45, 7) is 14.4. The first-order valence-corrected chi connectivity index (χ1v) is 13.1. The molecule has 0 spiro atoms. The van der Waals surface area contributed by atoms with Crippen LogP contribution in [0.4, 0.5) is 0 Å². The van der Waals surface area contributed by atoms with E-state index in [-0.39, 0.29) is 16.9 Å². The first-order valence-electron chi connectivity index (χ1n) is 12.1. The van der Waals surface area contributed by atoms with Crippen LogP contribution in [0.15, 0.2) is 34.2 Å². The third kappa shape index (κ3) is 7.73. The molecule has 0 fully saturated rings. The Morgan fingerprint density at radius 3 is 2.24 bits per heavy atom. The Bertz CT molecular complexity index is 969. The highest BCUT2D eigenvalue weighted by Gasteiger charge is 2.16. The second-order valence-corrected chi connectivity index (χ2v) is 10.8. The SMILES string of the molecule is CCCN(CCC)C(=O)CCCSc1nc(C)c(Cc2ccc(C(C)(C)C)cc2)c(=O)n1C. The highest BCUT2D eigenvalue weighted by atomic mass is 32.2. The van der Waals surface area contributed by atoms with Crippen molar-refractivity contribution in [2.24, 2.45) is 7.05 Å². The Labute approximate surface area is 204 Å². The Kier molecular flexibility index (Phi) is 10.2. The molecule has 0 aliphatic carbocycles. The molecule has 6 heteroatoms. The van der Waals surface area contributed by atoms with Gasteiger partial charge in [0.1, 0.15) is 0 Å². The van der Waals surface area contributed by atoms with Gasteiger partial charge in [-0.05, 0) is 42.7 Å². The van der Waals surface area contributed by atoms with E-state index < -0.39 is 0 Å². The molecule has 1 amide bonds. The molecule has 0 bridgehead atoms. The van der Waals surface area contributed by atoms with Crippen LogP contribution >= 0.6 is 11.8 Å². The van der Waals surface area contributed by atoms with Crippen LogP contribution in [0.5, 0.6) is 0 Å². The van der Waals surface area contributed by atoms with Gasteiger partial charge in [0.15, 0.2) is 5.16 Å². The number of carbonyl (C=O) groups is 1. The number of hydrogen-bond donors (Lipinski definition) is 0. The molecule has 2 rings (SSSR count). The molecule has 0 saturated heterocycles. The van der Waals surface area contributed by atoms with Gasteiger partial charge in [-0.1, -0.05) is 70.6 Å². The van der Waals surface area contributed by atoms with Crippen molar-refractivity contribution in [3.63, 3.8) is 0 Å². The van der Waals surface area contributed by atoms with Gasteiger partial charge in [-0.15, -0.1) is 0 Å². The Morgan fingerprint density at radius 1 is 1.09 bits per heavy atom. The molecular weight excluding hydrogens is 430 g/mol. The van der Waals surface area contributed by atoms with Crippen molar-refractivity contribution in [2.45, 2.75) is 84.2 Å². The highest BCUT2D eigenvalue weighted by molar-refractivity contribution is 7.99. The van der Waals surface area contributed by atoms with Crippen molar-refractivity contribution < 1.29 is 4.79 Å². The summed E-state index contributed by atoms with van der Waals surface area (Å²) in [4.78, 5) is 32.2. The van der Waals surface area contributed by atoms with Gasteiger partial charge in [0, 0.05) is 50.0 Å². The predicted molar refractivity (Wildman–Crippen MR) is 139 cm³/mol. The van der Waals surface area contributed by atoms with E-state index in [0.717, 1.165) is 60.1 Å². The van der Waals surface area contributed by atoms with Crippen LogP contribution in [0.2, 0.25) is 0 Å². The molecule has 0 saturated carbocycles. The molecule has 0 aliphatic heterocycles. The third-order valence-electron chi connectivity index (χ3n) is 5.86. The summed E-state index contributed by atoms with van der Waals surface area (Å²) < 4.78 is 1.65. The fourth-order valence-corrected chi connectivity index (χ4v) is 4.78. The number of hydrogen-bond acceptors (Lipinski definition) is 4. The van der Waals surface area contributed by atoms with E-state index in [9.17, 15) is 9.59 Å². The molecule has 33 heavy (non-hydrogen) atoms. The summed E-state index contributed by atoms with van der Waals surface area (Å²) in [5.74, 6) is 0.996. The number of aryl methyl sites for hydroxylation is 1. The van der Waals surface area contributed by atoms with E-state index in [1.54, 1.807) is 23.4 Å². The van der Waals surface area contributed by atoms with Crippen LogP contribution in [0.1, 0.15) is 82.7 Å². The van der Waals surface area contributed by atoms with Crippen molar-refractivity contribution in [3.8, 4) is 0 Å². The minimum atomic E-state index is 0.0121. The normalized spacial score (nSPS) is 11.6. The van der Waals surface area contributed by atoms with E-state index in [2.05, 4.69) is 58.9 Å². The van der Waals surface area contributed by atoms with Crippen molar-refractivity contribution in [1.82, 2.24) is 14.5 Å². The Morgan fingerprint density at radius 2 is 1.70 bits per heavy atom. The molecule has 2 aromatic rings. The minimum absolute atomic E-state index is 0.0121. The lowest BCUT2D eigenvalue weighted by Crippen LogP contribution is -2.32. The molecule has 182 valence electrons. The van der Waals surface area contributed by atoms with Crippen LogP contribution in [0, 0.1) is 6.92 Å². The minimum Gasteiger partial charge on any atom is -0.343 e. The quantitative estimate of drug-likeness (QED) is 0.247. The fourth-order valence-electron chi connectivity index (χ4n) is 3.84. The van der Waals surface area contributed by atoms with Crippen LogP contribution in [-0.4, -0.2) is 39.2 Å². The smallest absolute Gasteiger partial charge is 0.257 e. The van der Waals surface area contributed by atoms with Gasteiger partial charge in [0.05, 0.1) is 0 Å². The van der Waals surface area contributed by atoms with Gasteiger partial charge in [0.2, 0.25) is 5.91 Å². The molecule has 1 heterocycles. The molecular formula is C27H41N3O2S. The summed E-state index contributed by atoms with van der Waals surface area (Å²) in [7, 11) is 1.79. The summed E-state index contributed by atoms with van der Waals surface area (Å²) in [5, 5.41) is 0.718. The van der Waals surface area contributed by atoms with Crippen molar-refractivity contribution in [3.05, 3.63) is 57.0 Å². The lowest BCUT2D eigenvalue weighted by Gasteiger charge is -2.21. The zero-order valence-electron chi connectivity index (χ0n) is 21.5. The zero-order chi connectivity index (χ0) is 24.6.